The lowest BCUT2D eigenvalue weighted by Gasteiger charge is -2.37. The minimum absolute atomic E-state index is 0.0326. The molecule has 1 aliphatic rings. The van der Waals surface area contributed by atoms with Crippen LogP contribution in [0.3, 0.4) is 0 Å². The van der Waals surface area contributed by atoms with Gasteiger partial charge in [0.15, 0.2) is 5.82 Å². The highest BCUT2D eigenvalue weighted by atomic mass is 35.5. The van der Waals surface area contributed by atoms with Gasteiger partial charge >= 0.3 is 0 Å². The van der Waals surface area contributed by atoms with Crippen LogP contribution in [-0.4, -0.2) is 34.3 Å². The average Bonchev–Trinajstić information content (AvgIpc) is 2.54. The lowest BCUT2D eigenvalue weighted by atomic mass is 9.91. The van der Waals surface area contributed by atoms with Gasteiger partial charge in [0, 0.05) is 18.6 Å². The van der Waals surface area contributed by atoms with Crippen LogP contribution in [0.15, 0.2) is 24.4 Å². The van der Waals surface area contributed by atoms with Crippen LogP contribution < -0.4 is 16.4 Å². The Morgan fingerprint density at radius 2 is 2.04 bits per heavy atom. The van der Waals surface area contributed by atoms with Crippen molar-refractivity contribution in [3.8, 4) is 0 Å². The number of rotatable bonds is 3. The molecule has 0 saturated carbocycles. The zero-order valence-electron chi connectivity index (χ0n) is 13.9. The van der Waals surface area contributed by atoms with E-state index in [1.807, 2.05) is 6.92 Å². The van der Waals surface area contributed by atoms with Crippen molar-refractivity contribution < 1.29 is 4.39 Å². The van der Waals surface area contributed by atoms with Crippen LogP contribution in [0.1, 0.15) is 31.0 Å². The summed E-state index contributed by atoms with van der Waals surface area (Å²) in [5.41, 5.74) is 11.8. The van der Waals surface area contributed by atoms with Crippen LogP contribution in [0.25, 0.3) is 0 Å². The van der Waals surface area contributed by atoms with Gasteiger partial charge in [0.05, 0.1) is 22.5 Å². The Labute approximate surface area is 150 Å². The summed E-state index contributed by atoms with van der Waals surface area (Å²) in [5, 5.41) is 8.36. The molecule has 8 heteroatoms. The zero-order valence-corrected chi connectivity index (χ0v) is 14.6. The quantitative estimate of drug-likeness (QED) is 0.728. The third-order valence-corrected chi connectivity index (χ3v) is 4.78. The minimum atomic E-state index is -0.596. The van der Waals surface area contributed by atoms with Gasteiger partial charge < -0.3 is 16.4 Å². The van der Waals surface area contributed by atoms with Crippen molar-refractivity contribution in [2.24, 2.45) is 5.73 Å². The summed E-state index contributed by atoms with van der Waals surface area (Å²) in [5.74, 6) is 0.105. The number of hydrogen-bond donors (Lipinski definition) is 3. The summed E-state index contributed by atoms with van der Waals surface area (Å²) in [6.07, 6.45) is 3.24. The van der Waals surface area contributed by atoms with Crippen molar-refractivity contribution in [1.29, 1.82) is 5.41 Å². The normalized spacial score (nSPS) is 16.7. The maximum absolute atomic E-state index is 14.0. The summed E-state index contributed by atoms with van der Waals surface area (Å²) in [6, 6.07) is 4.24. The Hall–Kier alpha value is -2.25. The Bertz CT molecular complexity index is 793. The molecule has 132 valence electrons. The second-order valence-corrected chi connectivity index (χ2v) is 6.98. The number of benzene rings is 1. The predicted octanol–water partition coefficient (Wildman–Crippen LogP) is 2.59. The van der Waals surface area contributed by atoms with Crippen molar-refractivity contribution in [1.82, 2.24) is 9.97 Å². The standard InChI is InChI=1S/C17H20ClFN6/c1-17(22)5-7-25(8-6-17)12-9-23-15(16(21)24-12)14(20)13-10(18)3-2-4-11(13)19/h2-4,9,20H,5-8,22H2,1H3,(H2,21,24). The van der Waals surface area contributed by atoms with Gasteiger partial charge in [-0.05, 0) is 31.9 Å². The fraction of sp³-hybridized carbons (Fsp3) is 0.353. The first-order valence-corrected chi connectivity index (χ1v) is 8.36. The fourth-order valence-electron chi connectivity index (χ4n) is 2.84. The molecule has 0 radical (unpaired) electrons. The molecule has 3 rings (SSSR count). The molecular formula is C17H20ClFN6. The number of aromatic nitrogens is 2. The topological polar surface area (TPSA) is 105 Å². The molecule has 1 saturated heterocycles. The summed E-state index contributed by atoms with van der Waals surface area (Å²) in [6.45, 7) is 3.56. The largest absolute Gasteiger partial charge is 0.382 e. The second kappa shape index (κ2) is 6.57. The molecule has 0 aliphatic carbocycles. The van der Waals surface area contributed by atoms with Gasteiger partial charge in [-0.15, -0.1) is 0 Å². The van der Waals surface area contributed by atoms with Crippen LogP contribution in [0.4, 0.5) is 16.0 Å². The molecule has 1 aromatic carbocycles. The van der Waals surface area contributed by atoms with Crippen LogP contribution in [0.2, 0.25) is 5.02 Å². The summed E-state index contributed by atoms with van der Waals surface area (Å²) in [7, 11) is 0. The molecule has 0 unspecified atom stereocenters. The first kappa shape index (κ1) is 17.6. The lowest BCUT2D eigenvalue weighted by molar-refractivity contribution is 0.363. The Morgan fingerprint density at radius 3 is 2.64 bits per heavy atom. The lowest BCUT2D eigenvalue weighted by Crippen LogP contribution is -2.48. The maximum Gasteiger partial charge on any atom is 0.154 e. The van der Waals surface area contributed by atoms with Crippen LogP contribution in [-0.2, 0) is 0 Å². The second-order valence-electron chi connectivity index (χ2n) is 6.57. The van der Waals surface area contributed by atoms with E-state index in [1.54, 1.807) is 6.20 Å². The third-order valence-electron chi connectivity index (χ3n) is 4.47. The van der Waals surface area contributed by atoms with E-state index in [0.29, 0.717) is 5.82 Å². The van der Waals surface area contributed by atoms with E-state index >= 15 is 0 Å². The van der Waals surface area contributed by atoms with Crippen LogP contribution in [0, 0.1) is 11.2 Å². The molecule has 0 spiro atoms. The van der Waals surface area contributed by atoms with Crippen LogP contribution in [0.5, 0.6) is 0 Å². The summed E-state index contributed by atoms with van der Waals surface area (Å²) in [4.78, 5) is 10.6. The maximum atomic E-state index is 14.0. The van der Waals surface area contributed by atoms with Gasteiger partial charge in [0.2, 0.25) is 0 Å². The van der Waals surface area contributed by atoms with Crippen molar-refractivity contribution in [3.05, 3.63) is 46.5 Å². The Kier molecular flexibility index (Phi) is 4.62. The average molecular weight is 363 g/mol. The van der Waals surface area contributed by atoms with E-state index in [0.717, 1.165) is 25.9 Å². The van der Waals surface area contributed by atoms with E-state index in [9.17, 15) is 4.39 Å². The first-order valence-electron chi connectivity index (χ1n) is 7.98. The number of nitrogens with one attached hydrogen (secondary N) is 1. The fourth-order valence-corrected chi connectivity index (χ4v) is 3.10. The molecule has 1 fully saturated rings. The number of anilines is 2. The number of hydrogen-bond acceptors (Lipinski definition) is 6. The molecule has 1 aliphatic heterocycles. The number of halogens is 2. The Balaban J connectivity index is 1.87. The predicted molar refractivity (Wildman–Crippen MR) is 97.8 cm³/mol. The molecule has 5 N–H and O–H groups in total. The Morgan fingerprint density at radius 1 is 1.36 bits per heavy atom. The summed E-state index contributed by atoms with van der Waals surface area (Å²) >= 11 is 6.02. The molecule has 25 heavy (non-hydrogen) atoms. The van der Waals surface area contributed by atoms with Crippen molar-refractivity contribution in [3.63, 3.8) is 0 Å². The van der Waals surface area contributed by atoms with E-state index in [-0.39, 0.29) is 33.3 Å². The van der Waals surface area contributed by atoms with E-state index in [2.05, 4.69) is 14.9 Å². The van der Waals surface area contributed by atoms with Gasteiger partial charge in [0.1, 0.15) is 17.3 Å². The van der Waals surface area contributed by atoms with E-state index in [4.69, 9.17) is 28.5 Å². The van der Waals surface area contributed by atoms with Gasteiger partial charge in [-0.3, -0.25) is 5.41 Å². The summed E-state index contributed by atoms with van der Waals surface area (Å²) < 4.78 is 14.0. The third kappa shape index (κ3) is 3.57. The molecule has 0 bridgehead atoms. The highest BCUT2D eigenvalue weighted by molar-refractivity contribution is 6.35. The van der Waals surface area contributed by atoms with Crippen molar-refractivity contribution >= 4 is 28.9 Å². The molecule has 1 aromatic heterocycles. The minimum Gasteiger partial charge on any atom is -0.382 e. The zero-order chi connectivity index (χ0) is 18.2. The number of nitrogens with zero attached hydrogens (tertiary/aromatic N) is 3. The van der Waals surface area contributed by atoms with Gasteiger partial charge in [-0.1, -0.05) is 17.7 Å². The highest BCUT2D eigenvalue weighted by Gasteiger charge is 2.27. The van der Waals surface area contributed by atoms with Crippen LogP contribution >= 0.6 is 11.6 Å². The van der Waals surface area contributed by atoms with Gasteiger partial charge in [0.25, 0.3) is 0 Å². The van der Waals surface area contributed by atoms with Gasteiger partial charge in [-0.25, -0.2) is 14.4 Å². The van der Waals surface area contributed by atoms with Crippen molar-refractivity contribution in [2.45, 2.75) is 25.3 Å². The molecule has 6 nitrogen and oxygen atoms in total. The molecular weight excluding hydrogens is 343 g/mol. The molecule has 0 atom stereocenters. The first-order chi connectivity index (χ1) is 11.8. The molecule has 0 amide bonds. The SMILES string of the molecule is CC1(N)CCN(c2cnc(C(=N)c3c(F)cccc3Cl)c(N)n2)CC1. The number of nitrogens with two attached hydrogens (primary N) is 2. The smallest absolute Gasteiger partial charge is 0.154 e. The van der Waals surface area contributed by atoms with E-state index < -0.39 is 5.82 Å². The molecule has 2 heterocycles. The van der Waals surface area contributed by atoms with E-state index in [1.165, 1.54) is 18.2 Å². The number of piperidine rings is 1. The molecule has 2 aromatic rings. The number of nitrogen functional groups attached to an aromatic ring is 1. The monoisotopic (exact) mass is 362 g/mol. The highest BCUT2D eigenvalue weighted by Crippen LogP contribution is 2.26. The van der Waals surface area contributed by atoms with Gasteiger partial charge in [-0.2, -0.15) is 0 Å². The van der Waals surface area contributed by atoms with Crippen molar-refractivity contribution in [2.75, 3.05) is 23.7 Å².